The summed E-state index contributed by atoms with van der Waals surface area (Å²) in [5.74, 6) is -0.314. The highest BCUT2D eigenvalue weighted by Gasteiger charge is 2.24. The topological polar surface area (TPSA) is 59.4 Å². The summed E-state index contributed by atoms with van der Waals surface area (Å²) >= 11 is 0. The molecule has 2 aromatic carbocycles. The van der Waals surface area contributed by atoms with E-state index in [4.69, 9.17) is 0 Å². The van der Waals surface area contributed by atoms with E-state index in [1.807, 2.05) is 31.2 Å². The fourth-order valence-electron chi connectivity index (χ4n) is 3.51. The molecule has 1 heterocycles. The number of carbonyl (C=O) groups excluding carboxylic acids is 1. The van der Waals surface area contributed by atoms with Crippen LogP contribution in [0.5, 0.6) is 0 Å². The monoisotopic (exact) mass is 380 g/mol. The van der Waals surface area contributed by atoms with Crippen LogP contribution in [0.3, 0.4) is 0 Å². The van der Waals surface area contributed by atoms with Crippen LogP contribution in [0.15, 0.2) is 48.5 Å². The zero-order valence-electron chi connectivity index (χ0n) is 16.1. The molecule has 6 heteroatoms. The largest absolute Gasteiger partial charge is 0.369 e. The summed E-state index contributed by atoms with van der Waals surface area (Å²) in [5.41, 5.74) is 2.51. The maximum absolute atomic E-state index is 13.0. The van der Waals surface area contributed by atoms with Crippen molar-refractivity contribution in [2.75, 3.05) is 31.1 Å². The second kappa shape index (κ2) is 9.34. The van der Waals surface area contributed by atoms with Crippen LogP contribution in [0.1, 0.15) is 24.5 Å². The van der Waals surface area contributed by atoms with Gasteiger partial charge in [0, 0.05) is 32.7 Å². The molecule has 1 fully saturated rings. The fourth-order valence-corrected chi connectivity index (χ4v) is 3.51. The molecule has 3 rings (SSSR count). The summed E-state index contributed by atoms with van der Waals surface area (Å²) < 4.78 is 13.0. The van der Waals surface area contributed by atoms with Gasteiger partial charge in [-0.2, -0.15) is 5.26 Å². The lowest BCUT2D eigenvalue weighted by molar-refractivity contribution is -0.126. The third-order valence-corrected chi connectivity index (χ3v) is 5.20. The summed E-state index contributed by atoms with van der Waals surface area (Å²) in [7, 11) is 0. The van der Waals surface area contributed by atoms with Gasteiger partial charge in [-0.15, -0.1) is 0 Å². The molecule has 28 heavy (non-hydrogen) atoms. The lowest BCUT2D eigenvalue weighted by Crippen LogP contribution is -2.46. The van der Waals surface area contributed by atoms with E-state index >= 15 is 0 Å². The predicted octanol–water partition coefficient (Wildman–Crippen LogP) is 2.91. The molecule has 1 aliphatic heterocycles. The van der Waals surface area contributed by atoms with Crippen molar-refractivity contribution in [3.63, 3.8) is 0 Å². The second-order valence-electron chi connectivity index (χ2n) is 7.03. The number of amides is 1. The molecule has 1 aliphatic rings. The van der Waals surface area contributed by atoms with Crippen molar-refractivity contribution in [3.05, 3.63) is 65.5 Å². The summed E-state index contributed by atoms with van der Waals surface area (Å²) in [6.07, 6.45) is 0.926. The van der Waals surface area contributed by atoms with Crippen LogP contribution in [0.25, 0.3) is 0 Å². The van der Waals surface area contributed by atoms with Gasteiger partial charge in [-0.25, -0.2) is 4.39 Å². The van der Waals surface area contributed by atoms with Gasteiger partial charge >= 0.3 is 0 Å². The first kappa shape index (κ1) is 19.8. The Morgan fingerprint density at radius 3 is 2.64 bits per heavy atom. The van der Waals surface area contributed by atoms with Crippen molar-refractivity contribution in [3.8, 4) is 6.07 Å². The van der Waals surface area contributed by atoms with Crippen LogP contribution in [-0.2, 0) is 11.3 Å². The van der Waals surface area contributed by atoms with Crippen LogP contribution in [0.4, 0.5) is 10.1 Å². The van der Waals surface area contributed by atoms with Gasteiger partial charge in [0.15, 0.2) is 0 Å². The van der Waals surface area contributed by atoms with Crippen LogP contribution in [0, 0.1) is 17.1 Å². The Morgan fingerprint density at radius 2 is 1.89 bits per heavy atom. The molecule has 5 nitrogen and oxygen atoms in total. The van der Waals surface area contributed by atoms with Gasteiger partial charge in [-0.05, 0) is 43.2 Å². The Labute approximate surface area is 165 Å². The Hall–Kier alpha value is -2.91. The molecule has 146 valence electrons. The molecule has 0 bridgehead atoms. The van der Waals surface area contributed by atoms with E-state index in [1.54, 1.807) is 12.1 Å². The Balaban J connectivity index is 1.56. The van der Waals surface area contributed by atoms with Crippen molar-refractivity contribution in [1.82, 2.24) is 10.2 Å². The molecular weight excluding hydrogens is 355 g/mol. The van der Waals surface area contributed by atoms with Gasteiger partial charge in [0.1, 0.15) is 11.9 Å². The molecule has 1 saturated heterocycles. The highest BCUT2D eigenvalue weighted by molar-refractivity contribution is 5.81. The smallest absolute Gasteiger partial charge is 0.237 e. The van der Waals surface area contributed by atoms with Crippen molar-refractivity contribution >= 4 is 11.6 Å². The maximum atomic E-state index is 13.0. The standard InChI is InChI=1S/C22H25FN4O/c1-17(22(28)25-16-18-7-9-20(23)10-8-18)26-11-4-12-27(14-13-26)21-6-3-2-5-19(21)15-24/h2-3,5-10,17H,4,11-14,16H2,1H3,(H,25,28). The van der Waals surface area contributed by atoms with Gasteiger partial charge in [-0.1, -0.05) is 24.3 Å². The number of nitriles is 1. The summed E-state index contributed by atoms with van der Waals surface area (Å²) in [6, 6.07) is 15.8. The first-order chi connectivity index (χ1) is 13.6. The van der Waals surface area contributed by atoms with Gasteiger partial charge in [0.25, 0.3) is 0 Å². The normalized spacial score (nSPS) is 16.1. The number of nitrogens with one attached hydrogen (secondary N) is 1. The molecule has 1 N–H and O–H groups in total. The SMILES string of the molecule is CC(C(=O)NCc1ccc(F)cc1)N1CCCN(c2ccccc2C#N)CC1. The number of anilines is 1. The highest BCUT2D eigenvalue weighted by Crippen LogP contribution is 2.21. The first-order valence-electron chi connectivity index (χ1n) is 9.59. The van der Waals surface area contributed by atoms with Gasteiger partial charge in [0.05, 0.1) is 17.3 Å². The molecule has 0 radical (unpaired) electrons. The summed E-state index contributed by atoms with van der Waals surface area (Å²) in [5, 5.41) is 12.3. The number of para-hydroxylation sites is 1. The molecule has 0 spiro atoms. The van der Waals surface area contributed by atoms with Crippen molar-refractivity contribution in [2.45, 2.75) is 25.9 Å². The average molecular weight is 380 g/mol. The van der Waals surface area contributed by atoms with E-state index in [2.05, 4.69) is 21.2 Å². The molecule has 1 unspecified atom stereocenters. The zero-order chi connectivity index (χ0) is 19.9. The summed E-state index contributed by atoms with van der Waals surface area (Å²) in [4.78, 5) is 17.0. The Bertz CT molecular complexity index is 846. The molecule has 0 saturated carbocycles. The molecule has 0 aliphatic carbocycles. The number of benzene rings is 2. The third-order valence-electron chi connectivity index (χ3n) is 5.20. The number of nitrogens with zero attached hydrogens (tertiary/aromatic N) is 3. The van der Waals surface area contributed by atoms with E-state index < -0.39 is 0 Å². The van der Waals surface area contributed by atoms with Gasteiger partial charge < -0.3 is 10.2 Å². The number of carbonyl (C=O) groups is 1. The maximum Gasteiger partial charge on any atom is 0.237 e. The highest BCUT2D eigenvalue weighted by atomic mass is 19.1. The third kappa shape index (κ3) is 4.87. The second-order valence-corrected chi connectivity index (χ2v) is 7.03. The zero-order valence-corrected chi connectivity index (χ0v) is 16.1. The number of halogens is 1. The van der Waals surface area contributed by atoms with Crippen molar-refractivity contribution < 1.29 is 9.18 Å². The van der Waals surface area contributed by atoms with E-state index in [-0.39, 0.29) is 17.8 Å². The van der Waals surface area contributed by atoms with E-state index in [0.717, 1.165) is 43.9 Å². The number of hydrogen-bond acceptors (Lipinski definition) is 4. The Kier molecular flexibility index (Phi) is 6.62. The fraction of sp³-hybridized carbons (Fsp3) is 0.364. The summed E-state index contributed by atoms with van der Waals surface area (Å²) in [6.45, 7) is 5.52. The molecule has 0 aromatic heterocycles. The minimum absolute atomic E-state index is 0.0322. The molecular formula is C22H25FN4O. The van der Waals surface area contributed by atoms with Crippen molar-refractivity contribution in [2.24, 2.45) is 0 Å². The quantitative estimate of drug-likeness (QED) is 0.867. The van der Waals surface area contributed by atoms with E-state index in [1.165, 1.54) is 12.1 Å². The lowest BCUT2D eigenvalue weighted by Gasteiger charge is -2.27. The van der Waals surface area contributed by atoms with E-state index in [0.29, 0.717) is 12.1 Å². The van der Waals surface area contributed by atoms with Crippen LogP contribution in [-0.4, -0.2) is 43.0 Å². The first-order valence-corrected chi connectivity index (χ1v) is 9.59. The van der Waals surface area contributed by atoms with Gasteiger partial charge in [-0.3, -0.25) is 9.69 Å². The van der Waals surface area contributed by atoms with Crippen LogP contribution < -0.4 is 10.2 Å². The van der Waals surface area contributed by atoms with E-state index in [9.17, 15) is 14.4 Å². The predicted molar refractivity (Wildman–Crippen MR) is 107 cm³/mol. The minimum Gasteiger partial charge on any atom is -0.369 e. The average Bonchev–Trinajstić information content (AvgIpc) is 2.98. The minimum atomic E-state index is -0.282. The van der Waals surface area contributed by atoms with Crippen LogP contribution >= 0.6 is 0 Å². The molecule has 1 amide bonds. The Morgan fingerprint density at radius 1 is 1.14 bits per heavy atom. The number of rotatable bonds is 5. The van der Waals surface area contributed by atoms with Crippen molar-refractivity contribution in [1.29, 1.82) is 5.26 Å². The molecule has 1 atom stereocenters. The number of hydrogen-bond donors (Lipinski definition) is 1. The lowest BCUT2D eigenvalue weighted by atomic mass is 10.1. The van der Waals surface area contributed by atoms with Gasteiger partial charge in [0.2, 0.25) is 5.91 Å². The van der Waals surface area contributed by atoms with Crippen LogP contribution in [0.2, 0.25) is 0 Å². The molecule has 2 aromatic rings.